The van der Waals surface area contributed by atoms with E-state index >= 15 is 0 Å². The first kappa shape index (κ1) is 8.48. The third-order valence-corrected chi connectivity index (χ3v) is 3.05. The van der Waals surface area contributed by atoms with Crippen molar-refractivity contribution in [2.24, 2.45) is 0 Å². The average Bonchev–Trinajstić information content (AvgIpc) is 2.01. The Morgan fingerprint density at radius 1 is 1.00 bits per heavy atom. The van der Waals surface area contributed by atoms with Crippen molar-refractivity contribution in [2.75, 3.05) is 13.1 Å². The lowest BCUT2D eigenvalue weighted by atomic mass is 9.89. The minimum absolute atomic E-state index is 0.140. The molecule has 0 aromatic heterocycles. The van der Waals surface area contributed by atoms with Crippen LogP contribution in [0.3, 0.4) is 0 Å². The molecule has 0 spiro atoms. The Morgan fingerprint density at radius 3 is 2.25 bits per heavy atom. The van der Waals surface area contributed by atoms with Gasteiger partial charge in [0.2, 0.25) is 0 Å². The Balaban J connectivity index is 1.85. The summed E-state index contributed by atoms with van der Waals surface area (Å²) in [6.45, 7) is 1.53. The Labute approximate surface area is 73.0 Å². The van der Waals surface area contributed by atoms with Crippen LogP contribution in [0.5, 0.6) is 0 Å². The maximum absolute atomic E-state index is 9.67. The zero-order valence-corrected chi connectivity index (χ0v) is 7.32. The van der Waals surface area contributed by atoms with Gasteiger partial charge in [-0.05, 0) is 12.8 Å². The highest BCUT2D eigenvalue weighted by molar-refractivity contribution is 4.90. The molecule has 2 atom stereocenters. The van der Waals surface area contributed by atoms with E-state index < -0.39 is 0 Å². The molecule has 0 aromatic rings. The Morgan fingerprint density at radius 2 is 1.67 bits per heavy atom. The summed E-state index contributed by atoms with van der Waals surface area (Å²) in [7, 11) is 0. The molecule has 3 heteroatoms. The third kappa shape index (κ3) is 1.49. The summed E-state index contributed by atoms with van der Waals surface area (Å²) in [6, 6.07) is 0.335. The molecule has 1 saturated heterocycles. The van der Waals surface area contributed by atoms with Gasteiger partial charge < -0.3 is 10.2 Å². The number of rotatable bonds is 1. The monoisotopic (exact) mass is 171 g/mol. The van der Waals surface area contributed by atoms with E-state index in [1.165, 1.54) is 6.42 Å². The van der Waals surface area contributed by atoms with E-state index in [4.69, 9.17) is 5.11 Å². The van der Waals surface area contributed by atoms with Crippen molar-refractivity contribution in [2.45, 2.75) is 43.9 Å². The summed E-state index contributed by atoms with van der Waals surface area (Å²) in [5, 5.41) is 18.8. The predicted octanol–water partition coefficient (Wildman–Crippen LogP) is -0.0336. The molecule has 12 heavy (non-hydrogen) atoms. The van der Waals surface area contributed by atoms with Crippen LogP contribution in [-0.4, -0.2) is 46.5 Å². The highest BCUT2D eigenvalue weighted by Crippen LogP contribution is 2.26. The number of aliphatic hydroxyl groups excluding tert-OH is 2. The first-order valence-corrected chi connectivity index (χ1v) is 4.87. The Bertz CT molecular complexity index is 157. The van der Waals surface area contributed by atoms with Gasteiger partial charge in [0, 0.05) is 19.1 Å². The molecular weight excluding hydrogens is 154 g/mol. The summed E-state index contributed by atoms with van der Waals surface area (Å²) in [4.78, 5) is 2.20. The number of aliphatic hydroxyl groups is 2. The van der Waals surface area contributed by atoms with E-state index in [-0.39, 0.29) is 12.2 Å². The zero-order valence-electron chi connectivity index (χ0n) is 7.32. The lowest BCUT2D eigenvalue weighted by molar-refractivity contribution is -0.0720. The third-order valence-electron chi connectivity index (χ3n) is 3.05. The van der Waals surface area contributed by atoms with E-state index in [1.54, 1.807) is 0 Å². The minimum atomic E-state index is -0.147. The van der Waals surface area contributed by atoms with Crippen molar-refractivity contribution < 1.29 is 10.2 Å². The number of hydrogen-bond acceptors (Lipinski definition) is 3. The average molecular weight is 171 g/mol. The summed E-state index contributed by atoms with van der Waals surface area (Å²) < 4.78 is 0. The van der Waals surface area contributed by atoms with Gasteiger partial charge in [0.1, 0.15) is 0 Å². The molecule has 1 saturated carbocycles. The van der Waals surface area contributed by atoms with E-state index in [1.807, 2.05) is 0 Å². The van der Waals surface area contributed by atoms with Gasteiger partial charge in [-0.3, -0.25) is 4.90 Å². The van der Waals surface area contributed by atoms with Crippen LogP contribution in [0.2, 0.25) is 0 Å². The van der Waals surface area contributed by atoms with Crippen molar-refractivity contribution in [1.82, 2.24) is 4.90 Å². The minimum Gasteiger partial charge on any atom is -0.391 e. The molecule has 3 nitrogen and oxygen atoms in total. The van der Waals surface area contributed by atoms with Crippen LogP contribution in [0.15, 0.2) is 0 Å². The quantitative estimate of drug-likeness (QED) is 0.582. The number of nitrogens with zero attached hydrogens (tertiary/aromatic N) is 1. The summed E-state index contributed by atoms with van der Waals surface area (Å²) in [5.41, 5.74) is 0. The number of likely N-dealkylation sites (tertiary alicyclic amines) is 1. The topological polar surface area (TPSA) is 43.7 Å². The molecule has 1 aliphatic heterocycles. The molecule has 2 rings (SSSR count). The fourth-order valence-electron chi connectivity index (χ4n) is 2.28. The van der Waals surface area contributed by atoms with Gasteiger partial charge in [0.15, 0.2) is 0 Å². The second-order valence-corrected chi connectivity index (χ2v) is 4.03. The Kier molecular flexibility index (Phi) is 2.35. The summed E-state index contributed by atoms with van der Waals surface area (Å²) in [6.07, 6.45) is 4.15. The van der Waals surface area contributed by atoms with Gasteiger partial charge >= 0.3 is 0 Å². The molecule has 1 aliphatic carbocycles. The standard InChI is InChI=1S/C9H17NO2/c11-7-5-10(6-7)8-3-1-2-4-9(8)12/h7-9,11-12H,1-6H2. The van der Waals surface area contributed by atoms with Crippen molar-refractivity contribution in [3.63, 3.8) is 0 Å². The van der Waals surface area contributed by atoms with E-state index in [0.717, 1.165) is 32.4 Å². The molecule has 2 N–H and O–H groups in total. The molecule has 70 valence electrons. The molecular formula is C9H17NO2. The highest BCUT2D eigenvalue weighted by atomic mass is 16.3. The fourth-order valence-corrected chi connectivity index (χ4v) is 2.28. The van der Waals surface area contributed by atoms with E-state index in [9.17, 15) is 5.11 Å². The predicted molar refractivity (Wildman–Crippen MR) is 45.8 cm³/mol. The zero-order chi connectivity index (χ0) is 8.55. The van der Waals surface area contributed by atoms with Crippen LogP contribution < -0.4 is 0 Å². The van der Waals surface area contributed by atoms with Crippen molar-refractivity contribution >= 4 is 0 Å². The Hall–Kier alpha value is -0.120. The van der Waals surface area contributed by atoms with Crippen LogP contribution in [-0.2, 0) is 0 Å². The molecule has 0 radical (unpaired) electrons. The smallest absolute Gasteiger partial charge is 0.0794 e. The number of hydrogen-bond donors (Lipinski definition) is 2. The van der Waals surface area contributed by atoms with Gasteiger partial charge in [-0.1, -0.05) is 12.8 Å². The maximum atomic E-state index is 9.67. The SMILES string of the molecule is OC1CN(C2CCCCC2O)C1. The van der Waals surface area contributed by atoms with Crippen LogP contribution in [0, 0.1) is 0 Å². The second kappa shape index (κ2) is 3.32. The van der Waals surface area contributed by atoms with Gasteiger partial charge in [-0.25, -0.2) is 0 Å². The number of β-amino-alcohol motifs (C(OH)–C–C–N with tert-alkyl or cyclic N) is 1. The van der Waals surface area contributed by atoms with Crippen LogP contribution in [0.1, 0.15) is 25.7 Å². The lowest BCUT2D eigenvalue weighted by Gasteiger charge is -2.45. The van der Waals surface area contributed by atoms with Crippen molar-refractivity contribution in [3.05, 3.63) is 0 Å². The molecule has 0 amide bonds. The van der Waals surface area contributed by atoms with E-state index in [2.05, 4.69) is 4.90 Å². The normalized spacial score (nSPS) is 39.5. The van der Waals surface area contributed by atoms with Crippen LogP contribution >= 0.6 is 0 Å². The molecule has 2 fully saturated rings. The van der Waals surface area contributed by atoms with Crippen LogP contribution in [0.4, 0.5) is 0 Å². The van der Waals surface area contributed by atoms with Crippen LogP contribution in [0.25, 0.3) is 0 Å². The van der Waals surface area contributed by atoms with Crippen molar-refractivity contribution in [1.29, 1.82) is 0 Å². The second-order valence-electron chi connectivity index (χ2n) is 4.03. The van der Waals surface area contributed by atoms with Gasteiger partial charge in [0.05, 0.1) is 12.2 Å². The fraction of sp³-hybridized carbons (Fsp3) is 1.00. The first-order chi connectivity index (χ1) is 5.77. The summed E-state index contributed by atoms with van der Waals surface area (Å²) >= 11 is 0. The largest absolute Gasteiger partial charge is 0.391 e. The highest BCUT2D eigenvalue weighted by Gasteiger charge is 2.35. The first-order valence-electron chi connectivity index (χ1n) is 4.87. The lowest BCUT2D eigenvalue weighted by Crippen LogP contribution is -2.59. The molecule has 0 aromatic carbocycles. The van der Waals surface area contributed by atoms with Gasteiger partial charge in [-0.15, -0.1) is 0 Å². The molecule has 2 aliphatic rings. The van der Waals surface area contributed by atoms with Gasteiger partial charge in [-0.2, -0.15) is 0 Å². The van der Waals surface area contributed by atoms with E-state index in [0.29, 0.717) is 6.04 Å². The molecule has 2 unspecified atom stereocenters. The van der Waals surface area contributed by atoms with Gasteiger partial charge in [0.25, 0.3) is 0 Å². The maximum Gasteiger partial charge on any atom is 0.0794 e. The summed E-state index contributed by atoms with van der Waals surface area (Å²) in [5.74, 6) is 0. The molecule has 0 bridgehead atoms. The molecule has 1 heterocycles. The van der Waals surface area contributed by atoms with Crippen molar-refractivity contribution in [3.8, 4) is 0 Å².